The van der Waals surface area contributed by atoms with Crippen LogP contribution in [-0.4, -0.2) is 23.2 Å². The van der Waals surface area contributed by atoms with Crippen molar-refractivity contribution in [2.24, 2.45) is 0 Å². The number of carbonyl (C=O) groups is 1. The van der Waals surface area contributed by atoms with Crippen LogP contribution in [0.15, 0.2) is 17.5 Å². The first-order chi connectivity index (χ1) is 7.53. The lowest BCUT2D eigenvalue weighted by Crippen LogP contribution is -2.40. The van der Waals surface area contributed by atoms with Gasteiger partial charge in [-0.3, -0.25) is 4.79 Å². The van der Waals surface area contributed by atoms with Crippen molar-refractivity contribution in [3.8, 4) is 0 Å². The largest absolute Gasteiger partial charge is 0.388 e. The van der Waals surface area contributed by atoms with Gasteiger partial charge in [0.2, 0.25) is 5.91 Å². The van der Waals surface area contributed by atoms with E-state index in [0.717, 1.165) is 6.42 Å². The van der Waals surface area contributed by atoms with E-state index in [1.807, 2.05) is 24.4 Å². The molecule has 2 N–H and O–H groups in total. The smallest absolute Gasteiger partial charge is 0.220 e. The number of aryl methyl sites for hydroxylation is 1. The van der Waals surface area contributed by atoms with Gasteiger partial charge in [0.15, 0.2) is 0 Å². The molecule has 0 saturated heterocycles. The minimum absolute atomic E-state index is 0.00197. The molecule has 0 aliphatic rings. The van der Waals surface area contributed by atoms with Crippen molar-refractivity contribution in [3.05, 3.63) is 22.4 Å². The molecule has 1 unspecified atom stereocenters. The highest BCUT2D eigenvalue weighted by Crippen LogP contribution is 2.11. The zero-order chi connectivity index (χ0) is 12.0. The highest BCUT2D eigenvalue weighted by molar-refractivity contribution is 7.09. The molecule has 1 aromatic heterocycles. The topological polar surface area (TPSA) is 49.3 Å². The maximum absolute atomic E-state index is 11.5. The molecule has 1 atom stereocenters. The zero-order valence-electron chi connectivity index (χ0n) is 9.82. The second-order valence-electron chi connectivity index (χ2n) is 4.21. The Hall–Kier alpha value is -0.870. The van der Waals surface area contributed by atoms with Crippen LogP contribution in [0.3, 0.4) is 0 Å². The molecule has 0 bridgehead atoms. The molecule has 90 valence electrons. The fourth-order valence-electron chi connectivity index (χ4n) is 1.19. The minimum atomic E-state index is -0.793. The zero-order valence-corrected chi connectivity index (χ0v) is 10.6. The predicted octanol–water partition coefficient (Wildman–Crippen LogP) is 1.96. The third-order valence-corrected chi connectivity index (χ3v) is 3.54. The fraction of sp³-hybridized carbons (Fsp3) is 0.583. The number of rotatable bonds is 6. The number of hydrogen-bond donors (Lipinski definition) is 2. The van der Waals surface area contributed by atoms with E-state index < -0.39 is 5.60 Å². The number of hydrogen-bond acceptors (Lipinski definition) is 3. The van der Waals surface area contributed by atoms with Crippen LogP contribution in [0.5, 0.6) is 0 Å². The molecular formula is C12H19NO2S. The van der Waals surface area contributed by atoms with E-state index >= 15 is 0 Å². The average molecular weight is 241 g/mol. The Morgan fingerprint density at radius 3 is 2.94 bits per heavy atom. The van der Waals surface area contributed by atoms with Crippen molar-refractivity contribution in [3.63, 3.8) is 0 Å². The van der Waals surface area contributed by atoms with Gasteiger partial charge in [-0.05, 0) is 31.2 Å². The van der Waals surface area contributed by atoms with Crippen molar-refractivity contribution in [1.29, 1.82) is 0 Å². The van der Waals surface area contributed by atoms with Crippen LogP contribution in [0.1, 0.15) is 31.6 Å². The monoisotopic (exact) mass is 241 g/mol. The highest BCUT2D eigenvalue weighted by Gasteiger charge is 2.18. The first-order valence-corrected chi connectivity index (χ1v) is 6.43. The first kappa shape index (κ1) is 13.2. The van der Waals surface area contributed by atoms with Gasteiger partial charge in [0.05, 0.1) is 5.60 Å². The van der Waals surface area contributed by atoms with E-state index in [1.165, 1.54) is 4.88 Å². The molecule has 4 heteroatoms. The van der Waals surface area contributed by atoms with Crippen molar-refractivity contribution >= 4 is 17.2 Å². The molecule has 3 nitrogen and oxygen atoms in total. The summed E-state index contributed by atoms with van der Waals surface area (Å²) in [7, 11) is 0. The van der Waals surface area contributed by atoms with E-state index in [1.54, 1.807) is 18.3 Å². The van der Waals surface area contributed by atoms with E-state index in [2.05, 4.69) is 5.32 Å². The summed E-state index contributed by atoms with van der Waals surface area (Å²) in [5.74, 6) is 0.00197. The third kappa shape index (κ3) is 4.77. The molecule has 0 aliphatic carbocycles. The van der Waals surface area contributed by atoms with Gasteiger partial charge in [0, 0.05) is 17.8 Å². The molecule has 1 rings (SSSR count). The fourth-order valence-corrected chi connectivity index (χ4v) is 1.90. The van der Waals surface area contributed by atoms with Gasteiger partial charge in [0.1, 0.15) is 0 Å². The van der Waals surface area contributed by atoms with Crippen molar-refractivity contribution < 1.29 is 9.90 Å². The van der Waals surface area contributed by atoms with E-state index in [9.17, 15) is 9.90 Å². The summed E-state index contributed by atoms with van der Waals surface area (Å²) >= 11 is 1.66. The van der Waals surface area contributed by atoms with Gasteiger partial charge in [-0.25, -0.2) is 0 Å². The number of aliphatic hydroxyl groups is 1. The van der Waals surface area contributed by atoms with Gasteiger partial charge in [-0.15, -0.1) is 11.3 Å². The van der Waals surface area contributed by atoms with Crippen LogP contribution in [-0.2, 0) is 11.2 Å². The molecular weight excluding hydrogens is 222 g/mol. The summed E-state index contributed by atoms with van der Waals surface area (Å²) in [5.41, 5.74) is -0.793. The lowest BCUT2D eigenvalue weighted by Gasteiger charge is -2.21. The Morgan fingerprint density at radius 1 is 1.62 bits per heavy atom. The van der Waals surface area contributed by atoms with Gasteiger partial charge < -0.3 is 10.4 Å². The summed E-state index contributed by atoms with van der Waals surface area (Å²) in [5, 5.41) is 14.5. The Labute approximate surface area is 100 Å². The van der Waals surface area contributed by atoms with Crippen LogP contribution in [0.4, 0.5) is 0 Å². The number of amides is 1. The minimum Gasteiger partial charge on any atom is -0.388 e. The van der Waals surface area contributed by atoms with Gasteiger partial charge in [0.25, 0.3) is 0 Å². The molecule has 16 heavy (non-hydrogen) atoms. The number of nitrogens with one attached hydrogen (secondary N) is 1. The van der Waals surface area contributed by atoms with Crippen molar-refractivity contribution in [1.82, 2.24) is 5.32 Å². The van der Waals surface area contributed by atoms with Gasteiger partial charge >= 0.3 is 0 Å². The van der Waals surface area contributed by atoms with E-state index in [4.69, 9.17) is 0 Å². The predicted molar refractivity (Wildman–Crippen MR) is 66.6 cm³/mol. The van der Waals surface area contributed by atoms with E-state index in [0.29, 0.717) is 19.4 Å². The standard InChI is InChI=1S/C12H19NO2S/c1-3-12(2,15)9-13-11(14)7-6-10-5-4-8-16-10/h4-5,8,15H,3,6-7,9H2,1-2H3,(H,13,14). The molecule has 0 aromatic carbocycles. The van der Waals surface area contributed by atoms with Crippen molar-refractivity contribution in [2.75, 3.05) is 6.54 Å². The normalized spacial score (nSPS) is 14.4. The molecule has 0 fully saturated rings. The molecule has 1 aromatic rings. The molecule has 0 aliphatic heterocycles. The Morgan fingerprint density at radius 2 is 2.38 bits per heavy atom. The third-order valence-electron chi connectivity index (χ3n) is 2.61. The maximum Gasteiger partial charge on any atom is 0.220 e. The highest BCUT2D eigenvalue weighted by atomic mass is 32.1. The Kier molecular flexibility index (Phi) is 4.96. The Bertz CT molecular complexity index is 320. The molecule has 1 heterocycles. The second-order valence-corrected chi connectivity index (χ2v) is 5.24. The lowest BCUT2D eigenvalue weighted by atomic mass is 10.0. The van der Waals surface area contributed by atoms with Gasteiger partial charge in [-0.2, -0.15) is 0 Å². The number of carbonyl (C=O) groups excluding carboxylic acids is 1. The van der Waals surface area contributed by atoms with Crippen LogP contribution >= 0.6 is 11.3 Å². The molecule has 0 spiro atoms. The second kappa shape index (κ2) is 6.01. The molecule has 0 saturated carbocycles. The van der Waals surface area contributed by atoms with Crippen LogP contribution < -0.4 is 5.32 Å². The van der Waals surface area contributed by atoms with Crippen LogP contribution in [0.25, 0.3) is 0 Å². The number of thiophene rings is 1. The lowest BCUT2D eigenvalue weighted by molar-refractivity contribution is -0.122. The summed E-state index contributed by atoms with van der Waals surface area (Å²) < 4.78 is 0. The summed E-state index contributed by atoms with van der Waals surface area (Å²) in [6.45, 7) is 3.96. The molecule has 0 radical (unpaired) electrons. The van der Waals surface area contributed by atoms with Crippen LogP contribution in [0.2, 0.25) is 0 Å². The summed E-state index contributed by atoms with van der Waals surface area (Å²) in [4.78, 5) is 12.7. The average Bonchev–Trinajstić information content (AvgIpc) is 2.76. The van der Waals surface area contributed by atoms with Crippen LogP contribution in [0, 0.1) is 0 Å². The van der Waals surface area contributed by atoms with E-state index in [-0.39, 0.29) is 5.91 Å². The summed E-state index contributed by atoms with van der Waals surface area (Å²) in [6, 6.07) is 4.01. The van der Waals surface area contributed by atoms with Crippen molar-refractivity contribution in [2.45, 2.75) is 38.7 Å². The first-order valence-electron chi connectivity index (χ1n) is 5.55. The maximum atomic E-state index is 11.5. The SMILES string of the molecule is CCC(C)(O)CNC(=O)CCc1cccs1. The van der Waals surface area contributed by atoms with Gasteiger partial charge in [-0.1, -0.05) is 13.0 Å². The molecule has 1 amide bonds. The summed E-state index contributed by atoms with van der Waals surface area (Å²) in [6.07, 6.45) is 1.90. The Balaban J connectivity index is 2.21. The quantitative estimate of drug-likeness (QED) is 0.800.